The molecule has 1 saturated heterocycles. The van der Waals surface area contributed by atoms with Crippen LogP contribution in [0.15, 0.2) is 25.3 Å². The standard InChI is InChI=1S/C16H22OS/c1-3-9-5-10(4-2)16-12-6-11(15(9)16)13-7-18(17)8-14(12)13/h3-4,9-16H,1-2,5-8H2. The van der Waals surface area contributed by atoms with Crippen LogP contribution >= 0.6 is 0 Å². The summed E-state index contributed by atoms with van der Waals surface area (Å²) in [5.74, 6) is 8.33. The molecule has 1 aliphatic heterocycles. The molecule has 2 bridgehead atoms. The van der Waals surface area contributed by atoms with Crippen molar-refractivity contribution in [3.05, 3.63) is 25.3 Å². The summed E-state index contributed by atoms with van der Waals surface area (Å²) in [6, 6.07) is 0. The average Bonchev–Trinajstić information content (AvgIpc) is 3.03. The van der Waals surface area contributed by atoms with Crippen molar-refractivity contribution in [3.63, 3.8) is 0 Å². The molecular weight excluding hydrogens is 240 g/mol. The molecule has 2 heteroatoms. The van der Waals surface area contributed by atoms with Crippen LogP contribution in [0.5, 0.6) is 0 Å². The van der Waals surface area contributed by atoms with Gasteiger partial charge >= 0.3 is 0 Å². The number of hydrogen-bond acceptors (Lipinski definition) is 1. The molecule has 18 heavy (non-hydrogen) atoms. The van der Waals surface area contributed by atoms with Crippen LogP contribution in [0.3, 0.4) is 0 Å². The zero-order chi connectivity index (χ0) is 12.4. The molecule has 4 fully saturated rings. The van der Waals surface area contributed by atoms with E-state index in [2.05, 4.69) is 25.3 Å². The minimum Gasteiger partial charge on any atom is -0.616 e. The highest BCUT2D eigenvalue weighted by Gasteiger charge is 2.66. The Morgan fingerprint density at radius 3 is 1.78 bits per heavy atom. The predicted octanol–water partition coefficient (Wildman–Crippen LogP) is 2.87. The van der Waals surface area contributed by atoms with Crippen molar-refractivity contribution >= 4 is 11.2 Å². The minimum absolute atomic E-state index is 0.519. The Hall–Kier alpha value is -0.210. The van der Waals surface area contributed by atoms with Crippen LogP contribution in [0.25, 0.3) is 0 Å². The van der Waals surface area contributed by atoms with Gasteiger partial charge in [0.15, 0.2) is 0 Å². The zero-order valence-corrected chi connectivity index (χ0v) is 11.6. The Labute approximate surface area is 113 Å². The van der Waals surface area contributed by atoms with Crippen LogP contribution in [0.4, 0.5) is 0 Å². The molecule has 4 aliphatic rings. The van der Waals surface area contributed by atoms with E-state index in [1.807, 2.05) is 0 Å². The minimum atomic E-state index is -0.519. The van der Waals surface area contributed by atoms with Crippen LogP contribution in [-0.4, -0.2) is 16.1 Å². The van der Waals surface area contributed by atoms with Gasteiger partial charge in [-0.2, -0.15) is 0 Å². The highest BCUT2D eigenvalue weighted by molar-refractivity contribution is 7.91. The average molecular weight is 262 g/mol. The molecule has 0 aromatic rings. The molecule has 0 spiro atoms. The van der Waals surface area contributed by atoms with E-state index in [4.69, 9.17) is 0 Å². The van der Waals surface area contributed by atoms with Crippen molar-refractivity contribution in [3.8, 4) is 0 Å². The third kappa shape index (κ3) is 1.29. The summed E-state index contributed by atoms with van der Waals surface area (Å²) in [7, 11) is 0. The molecule has 4 rings (SSSR count). The first-order chi connectivity index (χ1) is 8.74. The first-order valence-corrected chi connectivity index (χ1v) is 8.83. The van der Waals surface area contributed by atoms with Crippen LogP contribution in [0.2, 0.25) is 0 Å². The molecule has 1 heterocycles. The highest BCUT2D eigenvalue weighted by Crippen LogP contribution is 2.68. The van der Waals surface area contributed by atoms with Gasteiger partial charge in [0, 0.05) is 11.8 Å². The summed E-state index contributed by atoms with van der Waals surface area (Å²) in [6.07, 6.45) is 7.08. The SMILES string of the molecule is C=CC1CC(C=C)C2C3CC(C4C[S+]([O-])CC43)C12. The summed E-state index contributed by atoms with van der Waals surface area (Å²) in [5, 5.41) is 0. The summed E-state index contributed by atoms with van der Waals surface area (Å²) in [5.41, 5.74) is 0. The van der Waals surface area contributed by atoms with Gasteiger partial charge in [0.05, 0.1) is 0 Å². The van der Waals surface area contributed by atoms with Gasteiger partial charge in [0.25, 0.3) is 0 Å². The van der Waals surface area contributed by atoms with Crippen molar-refractivity contribution in [2.24, 2.45) is 47.3 Å². The maximum atomic E-state index is 11.9. The zero-order valence-electron chi connectivity index (χ0n) is 10.8. The summed E-state index contributed by atoms with van der Waals surface area (Å²) in [4.78, 5) is 0. The normalized spacial score (nSPS) is 60.6. The first-order valence-electron chi connectivity index (χ1n) is 7.34. The van der Waals surface area contributed by atoms with Gasteiger partial charge in [-0.3, -0.25) is 0 Å². The second-order valence-electron chi connectivity index (χ2n) is 6.85. The van der Waals surface area contributed by atoms with Crippen molar-refractivity contribution in [1.29, 1.82) is 0 Å². The fourth-order valence-corrected chi connectivity index (χ4v) is 8.07. The Kier molecular flexibility index (Phi) is 2.51. The molecule has 8 unspecified atom stereocenters. The van der Waals surface area contributed by atoms with E-state index in [9.17, 15) is 4.55 Å². The van der Waals surface area contributed by atoms with Crippen molar-refractivity contribution in [2.75, 3.05) is 11.5 Å². The molecule has 0 aromatic carbocycles. The molecule has 3 aliphatic carbocycles. The molecule has 3 saturated carbocycles. The van der Waals surface area contributed by atoms with E-state index in [0.29, 0.717) is 11.8 Å². The van der Waals surface area contributed by atoms with E-state index < -0.39 is 11.2 Å². The quantitative estimate of drug-likeness (QED) is 0.554. The molecule has 0 aromatic heterocycles. The fraction of sp³-hybridized carbons (Fsp3) is 0.750. The highest BCUT2D eigenvalue weighted by atomic mass is 32.2. The number of allylic oxidation sites excluding steroid dienone is 2. The molecule has 8 atom stereocenters. The van der Waals surface area contributed by atoms with Gasteiger partial charge < -0.3 is 4.55 Å². The summed E-state index contributed by atoms with van der Waals surface area (Å²) in [6.45, 7) is 8.12. The predicted molar refractivity (Wildman–Crippen MR) is 75.4 cm³/mol. The second kappa shape index (κ2) is 3.89. The topological polar surface area (TPSA) is 23.1 Å². The van der Waals surface area contributed by atoms with Gasteiger partial charge in [-0.05, 0) is 48.3 Å². The lowest BCUT2D eigenvalue weighted by Gasteiger charge is -2.35. The van der Waals surface area contributed by atoms with Crippen LogP contribution in [0, 0.1) is 47.3 Å². The van der Waals surface area contributed by atoms with Crippen LogP contribution in [-0.2, 0) is 11.2 Å². The molecule has 0 N–H and O–H groups in total. The second-order valence-corrected chi connectivity index (χ2v) is 8.40. The lowest BCUT2D eigenvalue weighted by atomic mass is 9.67. The van der Waals surface area contributed by atoms with Crippen molar-refractivity contribution in [1.82, 2.24) is 0 Å². The van der Waals surface area contributed by atoms with Gasteiger partial charge in [-0.1, -0.05) is 23.3 Å². The van der Waals surface area contributed by atoms with Gasteiger partial charge in [0.1, 0.15) is 11.5 Å². The van der Waals surface area contributed by atoms with Crippen LogP contribution < -0.4 is 0 Å². The summed E-state index contributed by atoms with van der Waals surface area (Å²) >= 11 is -0.519. The number of hydrogen-bond donors (Lipinski definition) is 0. The lowest BCUT2D eigenvalue weighted by molar-refractivity contribution is 0.124. The summed E-state index contributed by atoms with van der Waals surface area (Å²) < 4.78 is 11.9. The Bertz CT molecular complexity index is 359. The Morgan fingerprint density at radius 2 is 1.33 bits per heavy atom. The molecule has 98 valence electrons. The largest absolute Gasteiger partial charge is 0.616 e. The third-order valence-electron chi connectivity index (χ3n) is 6.52. The van der Waals surface area contributed by atoms with E-state index in [1.54, 1.807) is 0 Å². The van der Waals surface area contributed by atoms with E-state index in [-0.39, 0.29) is 0 Å². The smallest absolute Gasteiger partial charge is 0.109 e. The Balaban J connectivity index is 1.69. The molecular formula is C16H22OS. The third-order valence-corrected chi connectivity index (χ3v) is 8.04. The molecule has 0 amide bonds. The van der Waals surface area contributed by atoms with Gasteiger partial charge in [0.2, 0.25) is 0 Å². The maximum Gasteiger partial charge on any atom is 0.109 e. The molecule has 1 nitrogen and oxygen atoms in total. The monoisotopic (exact) mass is 262 g/mol. The van der Waals surface area contributed by atoms with E-state index in [0.717, 1.165) is 47.0 Å². The molecule has 0 radical (unpaired) electrons. The van der Waals surface area contributed by atoms with Crippen molar-refractivity contribution in [2.45, 2.75) is 12.8 Å². The number of rotatable bonds is 2. The Morgan fingerprint density at radius 1 is 0.833 bits per heavy atom. The van der Waals surface area contributed by atoms with Crippen LogP contribution in [0.1, 0.15) is 12.8 Å². The van der Waals surface area contributed by atoms with Gasteiger partial charge in [-0.25, -0.2) is 0 Å². The fourth-order valence-electron chi connectivity index (χ4n) is 6.09. The van der Waals surface area contributed by atoms with Gasteiger partial charge in [-0.15, -0.1) is 13.2 Å². The first kappa shape index (κ1) is 11.6. The lowest BCUT2D eigenvalue weighted by Crippen LogP contribution is -2.35. The van der Waals surface area contributed by atoms with E-state index in [1.165, 1.54) is 12.8 Å². The number of fused-ring (bicyclic) bond motifs is 8. The van der Waals surface area contributed by atoms with E-state index >= 15 is 0 Å². The van der Waals surface area contributed by atoms with Crippen molar-refractivity contribution < 1.29 is 4.55 Å². The maximum absolute atomic E-state index is 11.9.